The maximum atomic E-state index is 13.2. The quantitative estimate of drug-likeness (QED) is 0.847. The molecule has 1 N–H and O–H groups in total. The molecule has 16 heavy (non-hydrogen) atoms. The van der Waals surface area contributed by atoms with Crippen LogP contribution in [0.4, 0.5) is 4.39 Å². The first-order valence-electron chi connectivity index (χ1n) is 5.94. The largest absolute Gasteiger partial charge is 0.491 e. The molecule has 1 aliphatic rings. The molecule has 88 valence electrons. The van der Waals surface area contributed by atoms with Crippen LogP contribution in [0.25, 0.3) is 0 Å². The molecule has 1 saturated heterocycles. The number of benzene rings is 1. The lowest BCUT2D eigenvalue weighted by Crippen LogP contribution is -2.30. The summed E-state index contributed by atoms with van der Waals surface area (Å²) >= 11 is 0. The minimum atomic E-state index is -0.274. The molecule has 1 aromatic rings. The van der Waals surface area contributed by atoms with E-state index >= 15 is 0 Å². The summed E-state index contributed by atoms with van der Waals surface area (Å²) in [6.45, 7) is 2.80. The summed E-state index contributed by atoms with van der Waals surface area (Å²) in [6.07, 6.45) is 3.50. The summed E-state index contributed by atoms with van der Waals surface area (Å²) in [5.41, 5.74) is 0. The number of piperidine rings is 1. The molecule has 0 spiro atoms. The molecule has 0 unspecified atom stereocenters. The molecular weight excluding hydrogens is 205 g/mol. The minimum absolute atomic E-state index is 0.274. The van der Waals surface area contributed by atoms with Crippen LogP contribution in [0, 0.1) is 11.7 Å². The molecular formula is C13H18FNO. The zero-order chi connectivity index (χ0) is 11.2. The van der Waals surface area contributed by atoms with Gasteiger partial charge in [0.15, 0.2) is 11.6 Å². The number of hydrogen-bond acceptors (Lipinski definition) is 2. The molecule has 0 amide bonds. The van der Waals surface area contributed by atoms with Crippen LogP contribution in [0.2, 0.25) is 0 Å². The summed E-state index contributed by atoms with van der Waals surface area (Å²) in [6, 6.07) is 6.57. The molecule has 1 aliphatic heterocycles. The second-order valence-corrected chi connectivity index (χ2v) is 4.28. The van der Waals surface area contributed by atoms with Crippen LogP contribution in [0.3, 0.4) is 0 Å². The van der Waals surface area contributed by atoms with Gasteiger partial charge in [-0.25, -0.2) is 4.39 Å². The Balaban J connectivity index is 1.73. The van der Waals surface area contributed by atoms with E-state index in [0.717, 1.165) is 19.5 Å². The van der Waals surface area contributed by atoms with Crippen LogP contribution in [0.1, 0.15) is 19.3 Å². The van der Waals surface area contributed by atoms with Gasteiger partial charge in [0.25, 0.3) is 0 Å². The highest BCUT2D eigenvalue weighted by Crippen LogP contribution is 2.18. The molecule has 0 saturated carbocycles. The Morgan fingerprint density at radius 2 is 2.25 bits per heavy atom. The summed E-state index contributed by atoms with van der Waals surface area (Å²) in [5.74, 6) is 0.774. The Morgan fingerprint density at radius 1 is 1.38 bits per heavy atom. The van der Waals surface area contributed by atoms with Gasteiger partial charge < -0.3 is 10.1 Å². The number of hydrogen-bond donors (Lipinski definition) is 1. The van der Waals surface area contributed by atoms with Crippen molar-refractivity contribution < 1.29 is 9.13 Å². The Kier molecular flexibility index (Phi) is 4.17. The highest BCUT2D eigenvalue weighted by Gasteiger charge is 2.12. The van der Waals surface area contributed by atoms with Crippen LogP contribution >= 0.6 is 0 Å². The average molecular weight is 223 g/mol. The van der Waals surface area contributed by atoms with Crippen molar-refractivity contribution in [1.29, 1.82) is 0 Å². The topological polar surface area (TPSA) is 21.3 Å². The molecule has 0 radical (unpaired) electrons. The number of nitrogens with one attached hydrogen (secondary N) is 1. The van der Waals surface area contributed by atoms with Crippen LogP contribution in [0.15, 0.2) is 24.3 Å². The van der Waals surface area contributed by atoms with Crippen molar-refractivity contribution in [2.24, 2.45) is 5.92 Å². The first-order valence-corrected chi connectivity index (χ1v) is 5.94. The normalized spacial score (nSPS) is 20.7. The van der Waals surface area contributed by atoms with Gasteiger partial charge in [0.1, 0.15) is 0 Å². The smallest absolute Gasteiger partial charge is 0.165 e. The third-order valence-corrected chi connectivity index (χ3v) is 3.02. The van der Waals surface area contributed by atoms with Crippen molar-refractivity contribution in [3.8, 4) is 5.75 Å². The van der Waals surface area contributed by atoms with Gasteiger partial charge in [-0.1, -0.05) is 12.1 Å². The van der Waals surface area contributed by atoms with Crippen LogP contribution in [-0.4, -0.2) is 19.7 Å². The molecule has 0 aliphatic carbocycles. The van der Waals surface area contributed by atoms with Crippen molar-refractivity contribution in [1.82, 2.24) is 5.32 Å². The zero-order valence-electron chi connectivity index (χ0n) is 9.42. The number of rotatable bonds is 4. The zero-order valence-corrected chi connectivity index (χ0v) is 9.42. The lowest BCUT2D eigenvalue weighted by Gasteiger charge is -2.22. The Bertz CT molecular complexity index is 323. The van der Waals surface area contributed by atoms with Gasteiger partial charge in [0.2, 0.25) is 0 Å². The van der Waals surface area contributed by atoms with E-state index in [1.165, 1.54) is 18.9 Å². The average Bonchev–Trinajstić information content (AvgIpc) is 2.33. The number of halogens is 1. The summed E-state index contributed by atoms with van der Waals surface area (Å²) in [7, 11) is 0. The van der Waals surface area contributed by atoms with Crippen LogP contribution in [0.5, 0.6) is 5.75 Å². The van der Waals surface area contributed by atoms with E-state index in [1.54, 1.807) is 18.2 Å². The number of ether oxygens (including phenoxy) is 1. The van der Waals surface area contributed by atoms with Gasteiger partial charge in [-0.2, -0.15) is 0 Å². The van der Waals surface area contributed by atoms with E-state index in [1.807, 2.05) is 0 Å². The van der Waals surface area contributed by atoms with E-state index in [-0.39, 0.29) is 5.82 Å². The maximum absolute atomic E-state index is 13.2. The van der Waals surface area contributed by atoms with Gasteiger partial charge in [0, 0.05) is 0 Å². The molecule has 1 fully saturated rings. The lowest BCUT2D eigenvalue weighted by atomic mass is 9.97. The van der Waals surface area contributed by atoms with E-state index in [9.17, 15) is 4.39 Å². The third kappa shape index (κ3) is 3.20. The first-order chi connectivity index (χ1) is 7.86. The highest BCUT2D eigenvalue weighted by atomic mass is 19.1. The molecule has 1 atom stereocenters. The summed E-state index contributed by atoms with van der Waals surface area (Å²) in [4.78, 5) is 0. The van der Waals surface area contributed by atoms with Crippen molar-refractivity contribution in [3.05, 3.63) is 30.1 Å². The van der Waals surface area contributed by atoms with Crippen LogP contribution in [-0.2, 0) is 0 Å². The van der Waals surface area contributed by atoms with E-state index in [4.69, 9.17) is 4.74 Å². The van der Waals surface area contributed by atoms with Crippen molar-refractivity contribution in [2.75, 3.05) is 19.7 Å². The SMILES string of the molecule is Fc1ccccc1OCC[C@@H]1CCCNC1. The minimum Gasteiger partial charge on any atom is -0.491 e. The predicted octanol–water partition coefficient (Wildman–Crippen LogP) is 2.59. The fourth-order valence-electron chi connectivity index (χ4n) is 2.07. The summed E-state index contributed by atoms with van der Waals surface area (Å²) < 4.78 is 18.7. The van der Waals surface area contributed by atoms with E-state index in [0.29, 0.717) is 18.3 Å². The highest BCUT2D eigenvalue weighted by molar-refractivity contribution is 5.23. The van der Waals surface area contributed by atoms with Crippen molar-refractivity contribution >= 4 is 0 Å². The van der Waals surface area contributed by atoms with Gasteiger partial charge >= 0.3 is 0 Å². The lowest BCUT2D eigenvalue weighted by molar-refractivity contribution is 0.246. The van der Waals surface area contributed by atoms with E-state index in [2.05, 4.69) is 5.32 Å². The predicted molar refractivity (Wildman–Crippen MR) is 62.1 cm³/mol. The fraction of sp³-hybridized carbons (Fsp3) is 0.538. The Labute approximate surface area is 95.8 Å². The first kappa shape index (κ1) is 11.4. The third-order valence-electron chi connectivity index (χ3n) is 3.02. The van der Waals surface area contributed by atoms with E-state index < -0.39 is 0 Å². The molecule has 1 aromatic carbocycles. The second kappa shape index (κ2) is 5.85. The molecule has 0 aromatic heterocycles. The Hall–Kier alpha value is -1.09. The number of para-hydroxylation sites is 1. The molecule has 2 nitrogen and oxygen atoms in total. The van der Waals surface area contributed by atoms with Gasteiger partial charge in [0.05, 0.1) is 6.61 Å². The van der Waals surface area contributed by atoms with Gasteiger partial charge in [-0.15, -0.1) is 0 Å². The monoisotopic (exact) mass is 223 g/mol. The standard InChI is InChI=1S/C13H18FNO/c14-12-5-1-2-6-13(12)16-9-7-11-4-3-8-15-10-11/h1-2,5-6,11,15H,3-4,7-10H2/t11-/m0/s1. The molecule has 3 heteroatoms. The van der Waals surface area contributed by atoms with Crippen molar-refractivity contribution in [3.63, 3.8) is 0 Å². The Morgan fingerprint density at radius 3 is 3.00 bits per heavy atom. The van der Waals surface area contributed by atoms with Gasteiger partial charge in [-0.05, 0) is 50.4 Å². The fourth-order valence-corrected chi connectivity index (χ4v) is 2.07. The molecule has 1 heterocycles. The van der Waals surface area contributed by atoms with Crippen molar-refractivity contribution in [2.45, 2.75) is 19.3 Å². The van der Waals surface area contributed by atoms with Crippen LogP contribution < -0.4 is 10.1 Å². The van der Waals surface area contributed by atoms with Gasteiger partial charge in [-0.3, -0.25) is 0 Å². The molecule has 0 bridgehead atoms. The second-order valence-electron chi connectivity index (χ2n) is 4.28. The summed E-state index contributed by atoms with van der Waals surface area (Å²) in [5, 5.41) is 3.37. The maximum Gasteiger partial charge on any atom is 0.165 e. The molecule has 2 rings (SSSR count).